The van der Waals surface area contributed by atoms with Crippen LogP contribution in [0, 0.1) is 0 Å². The van der Waals surface area contributed by atoms with Gasteiger partial charge in [-0.3, -0.25) is 15.0 Å². The molecule has 0 radical (unpaired) electrons. The SMILES string of the molecule is CC(NC(=O)c1ccc2c(c1)N(C(=O)Nc1cc(OC[C@@H]3COC(C)(C)O3)ncn1)[C@H]1CCN2C1)C(F)(F)F. The summed E-state index contributed by atoms with van der Waals surface area (Å²) in [5.74, 6) is -1.13. The highest BCUT2D eigenvalue weighted by Crippen LogP contribution is 2.41. The fourth-order valence-electron chi connectivity index (χ4n) is 4.81. The van der Waals surface area contributed by atoms with Gasteiger partial charge in [-0.25, -0.2) is 14.8 Å². The molecule has 3 aliphatic heterocycles. The zero-order valence-corrected chi connectivity index (χ0v) is 21.6. The van der Waals surface area contributed by atoms with Crippen molar-refractivity contribution in [1.29, 1.82) is 0 Å². The van der Waals surface area contributed by atoms with Gasteiger partial charge in [0, 0.05) is 24.7 Å². The highest BCUT2D eigenvalue weighted by atomic mass is 19.4. The number of hydrogen-bond acceptors (Lipinski definition) is 8. The molecule has 3 amide bonds. The monoisotopic (exact) mass is 550 g/mol. The molecule has 2 N–H and O–H groups in total. The Hall–Kier alpha value is -3.65. The third kappa shape index (κ3) is 5.86. The summed E-state index contributed by atoms with van der Waals surface area (Å²) >= 11 is 0. The number of nitrogens with one attached hydrogen (secondary N) is 2. The van der Waals surface area contributed by atoms with Crippen LogP contribution in [0.2, 0.25) is 0 Å². The molecule has 1 aromatic carbocycles. The first-order valence-electron chi connectivity index (χ1n) is 12.5. The first kappa shape index (κ1) is 26.9. The largest absolute Gasteiger partial charge is 0.475 e. The average molecular weight is 551 g/mol. The zero-order valence-electron chi connectivity index (χ0n) is 21.6. The fourth-order valence-corrected chi connectivity index (χ4v) is 4.81. The number of hydrogen-bond donors (Lipinski definition) is 2. The van der Waals surface area contributed by atoms with Gasteiger partial charge < -0.3 is 24.4 Å². The minimum Gasteiger partial charge on any atom is -0.475 e. The van der Waals surface area contributed by atoms with E-state index in [1.54, 1.807) is 6.07 Å². The van der Waals surface area contributed by atoms with E-state index in [-0.39, 0.29) is 36.0 Å². The van der Waals surface area contributed by atoms with Gasteiger partial charge in [0.05, 0.1) is 24.0 Å². The fraction of sp³-hybridized carbons (Fsp3) is 0.520. The number of urea groups is 1. The van der Waals surface area contributed by atoms with Crippen molar-refractivity contribution in [3.05, 3.63) is 36.2 Å². The van der Waals surface area contributed by atoms with Crippen LogP contribution in [0.3, 0.4) is 0 Å². The van der Waals surface area contributed by atoms with E-state index >= 15 is 0 Å². The van der Waals surface area contributed by atoms with E-state index in [1.807, 2.05) is 19.2 Å². The molecule has 39 heavy (non-hydrogen) atoms. The molecule has 11 nitrogen and oxygen atoms in total. The van der Waals surface area contributed by atoms with Crippen molar-refractivity contribution in [2.24, 2.45) is 0 Å². The standard InChI is InChI=1S/C25H29F3N6O5/c1-14(25(26,27)28)31-22(35)15-4-5-18-19(8-15)34(16-6-7-33(18)10-16)23(36)32-20-9-21(30-13-29-20)37-11-17-12-38-24(2,3)39-17/h4-5,8-9,13-14,16-17H,6-7,10-12H2,1-3H3,(H,31,35)(H,29,30,32,36)/t14?,16-,17+/m0/s1. The van der Waals surface area contributed by atoms with Crippen molar-refractivity contribution in [2.75, 3.05) is 41.4 Å². The van der Waals surface area contributed by atoms with Crippen molar-refractivity contribution in [3.63, 3.8) is 0 Å². The van der Waals surface area contributed by atoms with Crippen molar-refractivity contribution in [1.82, 2.24) is 15.3 Å². The molecule has 210 valence electrons. The second-order valence-electron chi connectivity index (χ2n) is 10.1. The van der Waals surface area contributed by atoms with Crippen LogP contribution >= 0.6 is 0 Å². The second kappa shape index (κ2) is 10.2. The molecule has 0 spiro atoms. The Labute approximate surface area is 222 Å². The lowest BCUT2D eigenvalue weighted by molar-refractivity contribution is -0.149. The van der Waals surface area contributed by atoms with Gasteiger partial charge in [-0.05, 0) is 45.4 Å². The third-order valence-corrected chi connectivity index (χ3v) is 6.79. The van der Waals surface area contributed by atoms with Gasteiger partial charge in [-0.2, -0.15) is 13.2 Å². The number of rotatable bonds is 6. The summed E-state index contributed by atoms with van der Waals surface area (Å²) in [4.78, 5) is 37.8. The summed E-state index contributed by atoms with van der Waals surface area (Å²) in [5, 5.41) is 4.71. The molecule has 3 atom stereocenters. The summed E-state index contributed by atoms with van der Waals surface area (Å²) in [7, 11) is 0. The average Bonchev–Trinajstić information content (AvgIpc) is 3.45. The molecule has 1 aromatic heterocycles. The van der Waals surface area contributed by atoms with E-state index in [9.17, 15) is 22.8 Å². The minimum atomic E-state index is -4.57. The van der Waals surface area contributed by atoms with Crippen molar-refractivity contribution in [2.45, 2.75) is 57.3 Å². The lowest BCUT2D eigenvalue weighted by atomic mass is 10.1. The van der Waals surface area contributed by atoms with E-state index in [4.69, 9.17) is 14.2 Å². The predicted octanol–water partition coefficient (Wildman–Crippen LogP) is 3.32. The minimum absolute atomic E-state index is 0.0177. The van der Waals surface area contributed by atoms with E-state index in [0.717, 1.165) is 6.92 Å². The van der Waals surface area contributed by atoms with E-state index in [0.29, 0.717) is 37.5 Å². The van der Waals surface area contributed by atoms with Gasteiger partial charge in [0.1, 0.15) is 30.9 Å². The molecule has 2 aromatic rings. The summed E-state index contributed by atoms with van der Waals surface area (Å²) in [6.45, 7) is 6.37. The first-order chi connectivity index (χ1) is 18.4. The maximum atomic E-state index is 13.5. The molecule has 14 heteroatoms. The van der Waals surface area contributed by atoms with Gasteiger partial charge in [0.25, 0.3) is 5.91 Å². The number of amides is 3. The molecule has 5 rings (SSSR count). The number of halogens is 3. The van der Waals surface area contributed by atoms with Crippen LogP contribution in [0.1, 0.15) is 37.6 Å². The number of ether oxygens (including phenoxy) is 3. The molecule has 2 fully saturated rings. The zero-order chi connectivity index (χ0) is 27.9. The van der Waals surface area contributed by atoms with Crippen LogP contribution in [0.5, 0.6) is 5.88 Å². The van der Waals surface area contributed by atoms with Crippen molar-refractivity contribution < 1.29 is 37.0 Å². The maximum absolute atomic E-state index is 13.5. The summed E-state index contributed by atoms with van der Waals surface area (Å²) in [6.07, 6.45) is -2.90. The molecule has 3 aliphatic rings. The molecular formula is C25H29F3N6O5. The predicted molar refractivity (Wildman–Crippen MR) is 134 cm³/mol. The lowest BCUT2D eigenvalue weighted by Crippen LogP contribution is -2.48. The Bertz CT molecular complexity index is 1260. The molecule has 2 saturated heterocycles. The van der Waals surface area contributed by atoms with Crippen LogP contribution in [0.15, 0.2) is 30.6 Å². The number of carbonyl (C=O) groups is 2. The molecule has 0 aliphatic carbocycles. The van der Waals surface area contributed by atoms with Crippen LogP contribution in [-0.4, -0.2) is 78.4 Å². The first-order valence-corrected chi connectivity index (χ1v) is 12.5. The van der Waals surface area contributed by atoms with E-state index in [1.165, 1.54) is 29.4 Å². The summed E-state index contributed by atoms with van der Waals surface area (Å²) < 4.78 is 55.8. The van der Waals surface area contributed by atoms with Gasteiger partial charge in [0.15, 0.2) is 5.79 Å². The van der Waals surface area contributed by atoms with Crippen LogP contribution in [0.25, 0.3) is 0 Å². The number of nitrogens with zero attached hydrogens (tertiary/aromatic N) is 4. The Morgan fingerprint density at radius 1 is 1.23 bits per heavy atom. The molecule has 2 bridgehead atoms. The summed E-state index contributed by atoms with van der Waals surface area (Å²) in [5.41, 5.74) is 1.16. The Kier molecular flexibility index (Phi) is 7.01. The smallest absolute Gasteiger partial charge is 0.408 e. The Morgan fingerprint density at radius 3 is 2.74 bits per heavy atom. The molecule has 0 saturated carbocycles. The van der Waals surface area contributed by atoms with Gasteiger partial charge in [0.2, 0.25) is 5.88 Å². The summed E-state index contributed by atoms with van der Waals surface area (Å²) in [6, 6.07) is 3.32. The molecular weight excluding hydrogens is 521 g/mol. The maximum Gasteiger partial charge on any atom is 0.408 e. The van der Waals surface area contributed by atoms with Gasteiger partial charge in [-0.15, -0.1) is 0 Å². The topological polar surface area (TPSA) is 118 Å². The molecule has 4 heterocycles. The van der Waals surface area contributed by atoms with E-state index in [2.05, 4.69) is 20.2 Å². The number of fused-ring (bicyclic) bond motifs is 4. The number of carbonyl (C=O) groups excluding carboxylic acids is 2. The number of alkyl halides is 3. The number of benzene rings is 1. The highest BCUT2D eigenvalue weighted by molar-refractivity contribution is 6.06. The van der Waals surface area contributed by atoms with Crippen LogP contribution in [0.4, 0.5) is 35.2 Å². The second-order valence-corrected chi connectivity index (χ2v) is 10.1. The Morgan fingerprint density at radius 2 is 2.03 bits per heavy atom. The number of anilines is 3. The van der Waals surface area contributed by atoms with Crippen molar-refractivity contribution in [3.8, 4) is 5.88 Å². The van der Waals surface area contributed by atoms with E-state index < -0.39 is 29.9 Å². The Balaban J connectivity index is 1.31. The van der Waals surface area contributed by atoms with Crippen molar-refractivity contribution >= 4 is 29.1 Å². The van der Waals surface area contributed by atoms with Crippen LogP contribution < -0.4 is 25.2 Å². The van der Waals surface area contributed by atoms with Crippen LogP contribution in [-0.2, 0) is 9.47 Å². The normalized spacial score (nSPS) is 22.3. The van der Waals surface area contributed by atoms with Gasteiger partial charge in [-0.1, -0.05) is 0 Å². The molecule has 1 unspecified atom stereocenters. The highest BCUT2D eigenvalue weighted by Gasteiger charge is 2.41. The van der Waals surface area contributed by atoms with Gasteiger partial charge >= 0.3 is 12.2 Å². The number of aromatic nitrogens is 2. The quantitative estimate of drug-likeness (QED) is 0.563. The lowest BCUT2D eigenvalue weighted by Gasteiger charge is -2.37. The third-order valence-electron chi connectivity index (χ3n) is 6.79.